The molecule has 1 aromatic heterocycles. The standard InChI is InChI=1S/C7H11N3O3S/c8-6-9-10-7(14-6)13-4-5-3-11-1-2-12-5/h5H,1-4H2,(H2,8,9). The Morgan fingerprint density at radius 2 is 2.43 bits per heavy atom. The molecule has 2 N–H and O–H groups in total. The van der Waals surface area contributed by atoms with Gasteiger partial charge in [-0.3, -0.25) is 0 Å². The van der Waals surface area contributed by atoms with Crippen LogP contribution in [0.5, 0.6) is 5.19 Å². The predicted molar refractivity (Wildman–Crippen MR) is 50.4 cm³/mol. The monoisotopic (exact) mass is 217 g/mol. The fourth-order valence-electron chi connectivity index (χ4n) is 1.08. The number of anilines is 1. The third-order valence-electron chi connectivity index (χ3n) is 1.70. The molecule has 0 spiro atoms. The van der Waals surface area contributed by atoms with Crippen molar-refractivity contribution in [2.75, 3.05) is 32.2 Å². The zero-order valence-corrected chi connectivity index (χ0v) is 8.33. The van der Waals surface area contributed by atoms with Gasteiger partial charge in [-0.15, -0.1) is 5.10 Å². The van der Waals surface area contributed by atoms with Gasteiger partial charge < -0.3 is 19.9 Å². The third kappa shape index (κ3) is 2.53. The molecule has 2 heterocycles. The Hall–Kier alpha value is -0.920. The number of hydrogen-bond donors (Lipinski definition) is 1. The summed E-state index contributed by atoms with van der Waals surface area (Å²) in [6.07, 6.45) is -0.0196. The lowest BCUT2D eigenvalue weighted by Crippen LogP contribution is -2.33. The van der Waals surface area contributed by atoms with Crippen LogP contribution in [0.1, 0.15) is 0 Å². The summed E-state index contributed by atoms with van der Waals surface area (Å²) in [6, 6.07) is 0. The summed E-state index contributed by atoms with van der Waals surface area (Å²) in [5.41, 5.74) is 5.40. The normalized spacial score (nSPS) is 22.1. The van der Waals surface area contributed by atoms with Crippen LogP contribution < -0.4 is 10.5 Å². The first-order valence-electron chi connectivity index (χ1n) is 4.26. The van der Waals surface area contributed by atoms with Crippen LogP contribution in [0.4, 0.5) is 5.13 Å². The zero-order valence-electron chi connectivity index (χ0n) is 7.51. The number of nitrogen functional groups attached to an aromatic ring is 1. The van der Waals surface area contributed by atoms with E-state index in [1.54, 1.807) is 0 Å². The first-order chi connectivity index (χ1) is 6.84. The van der Waals surface area contributed by atoms with E-state index in [1.165, 1.54) is 11.3 Å². The van der Waals surface area contributed by atoms with E-state index in [2.05, 4.69) is 10.2 Å². The van der Waals surface area contributed by atoms with E-state index < -0.39 is 0 Å². The van der Waals surface area contributed by atoms with Gasteiger partial charge in [-0.05, 0) is 11.3 Å². The van der Waals surface area contributed by atoms with Crippen LogP contribution in [0.3, 0.4) is 0 Å². The molecule has 0 amide bonds. The van der Waals surface area contributed by atoms with Crippen LogP contribution in [0.15, 0.2) is 0 Å². The molecule has 1 aliphatic rings. The lowest BCUT2D eigenvalue weighted by Gasteiger charge is -2.22. The molecule has 1 atom stereocenters. The van der Waals surface area contributed by atoms with Gasteiger partial charge in [0.05, 0.1) is 19.8 Å². The van der Waals surface area contributed by atoms with E-state index in [1.807, 2.05) is 0 Å². The molecule has 1 saturated heterocycles. The second kappa shape index (κ2) is 4.54. The van der Waals surface area contributed by atoms with Crippen molar-refractivity contribution in [1.82, 2.24) is 10.2 Å². The number of nitrogens with two attached hydrogens (primary N) is 1. The molecule has 14 heavy (non-hydrogen) atoms. The number of nitrogens with zero attached hydrogens (tertiary/aromatic N) is 2. The maximum Gasteiger partial charge on any atom is 0.295 e. The van der Waals surface area contributed by atoms with Crippen molar-refractivity contribution in [3.8, 4) is 5.19 Å². The van der Waals surface area contributed by atoms with Crippen molar-refractivity contribution in [2.45, 2.75) is 6.10 Å². The summed E-state index contributed by atoms with van der Waals surface area (Å²) in [7, 11) is 0. The summed E-state index contributed by atoms with van der Waals surface area (Å²) in [6.45, 7) is 2.26. The molecule has 78 valence electrons. The van der Waals surface area contributed by atoms with Gasteiger partial charge >= 0.3 is 0 Å². The fraction of sp³-hybridized carbons (Fsp3) is 0.714. The summed E-state index contributed by atoms with van der Waals surface area (Å²) in [4.78, 5) is 0. The maximum atomic E-state index is 5.40. The SMILES string of the molecule is Nc1nnc(OCC2COCCO2)s1. The van der Waals surface area contributed by atoms with E-state index in [0.717, 1.165) is 0 Å². The quantitative estimate of drug-likeness (QED) is 0.762. The van der Waals surface area contributed by atoms with Gasteiger partial charge in [0, 0.05) is 0 Å². The highest BCUT2D eigenvalue weighted by Gasteiger charge is 2.15. The van der Waals surface area contributed by atoms with Crippen molar-refractivity contribution in [3.05, 3.63) is 0 Å². The van der Waals surface area contributed by atoms with Crippen molar-refractivity contribution in [3.63, 3.8) is 0 Å². The van der Waals surface area contributed by atoms with E-state index in [9.17, 15) is 0 Å². The number of aromatic nitrogens is 2. The zero-order chi connectivity index (χ0) is 9.80. The van der Waals surface area contributed by atoms with Crippen molar-refractivity contribution in [1.29, 1.82) is 0 Å². The Morgan fingerprint density at radius 3 is 3.07 bits per heavy atom. The lowest BCUT2D eigenvalue weighted by molar-refractivity contribution is -0.101. The van der Waals surface area contributed by atoms with Crippen LogP contribution in [0.25, 0.3) is 0 Å². The highest BCUT2D eigenvalue weighted by molar-refractivity contribution is 7.16. The van der Waals surface area contributed by atoms with Gasteiger partial charge in [0.1, 0.15) is 12.7 Å². The van der Waals surface area contributed by atoms with Crippen LogP contribution in [0, 0.1) is 0 Å². The second-order valence-electron chi connectivity index (χ2n) is 2.78. The Labute approximate surface area is 85.0 Å². The molecular weight excluding hydrogens is 206 g/mol. The van der Waals surface area contributed by atoms with Crippen LogP contribution in [-0.2, 0) is 9.47 Å². The molecule has 6 nitrogen and oxygen atoms in total. The molecule has 1 unspecified atom stereocenters. The molecule has 0 aliphatic carbocycles. The van der Waals surface area contributed by atoms with E-state index in [-0.39, 0.29) is 6.10 Å². The van der Waals surface area contributed by atoms with E-state index in [4.69, 9.17) is 19.9 Å². The first kappa shape index (κ1) is 9.63. The summed E-state index contributed by atoms with van der Waals surface area (Å²) < 4.78 is 15.9. The number of rotatable bonds is 3. The second-order valence-corrected chi connectivity index (χ2v) is 3.76. The molecule has 0 bridgehead atoms. The van der Waals surface area contributed by atoms with Gasteiger partial charge in [-0.25, -0.2) is 0 Å². The molecule has 0 radical (unpaired) electrons. The third-order valence-corrected chi connectivity index (χ3v) is 2.36. The molecule has 1 fully saturated rings. The Kier molecular flexibility index (Phi) is 3.12. The molecule has 7 heteroatoms. The van der Waals surface area contributed by atoms with Crippen LogP contribution >= 0.6 is 11.3 Å². The van der Waals surface area contributed by atoms with Gasteiger partial charge in [-0.1, -0.05) is 5.10 Å². The van der Waals surface area contributed by atoms with Crippen molar-refractivity contribution >= 4 is 16.5 Å². The van der Waals surface area contributed by atoms with Crippen molar-refractivity contribution in [2.24, 2.45) is 0 Å². The van der Waals surface area contributed by atoms with Gasteiger partial charge in [0.15, 0.2) is 0 Å². The Bertz CT molecular complexity index is 287. The highest BCUT2D eigenvalue weighted by Crippen LogP contribution is 2.19. The molecule has 1 aliphatic heterocycles. The van der Waals surface area contributed by atoms with Crippen molar-refractivity contribution < 1.29 is 14.2 Å². The molecular formula is C7H11N3O3S. The minimum atomic E-state index is -0.0196. The molecule has 2 rings (SSSR count). The average molecular weight is 217 g/mol. The fourth-order valence-corrected chi connectivity index (χ4v) is 1.54. The lowest BCUT2D eigenvalue weighted by atomic mass is 10.4. The molecule has 0 aromatic carbocycles. The Morgan fingerprint density at radius 1 is 1.50 bits per heavy atom. The smallest absolute Gasteiger partial charge is 0.295 e. The average Bonchev–Trinajstić information content (AvgIpc) is 2.63. The summed E-state index contributed by atoms with van der Waals surface area (Å²) in [5.74, 6) is 0. The van der Waals surface area contributed by atoms with Crippen LogP contribution in [-0.4, -0.2) is 42.7 Å². The topological polar surface area (TPSA) is 79.5 Å². The Balaban J connectivity index is 1.76. The minimum Gasteiger partial charge on any atom is -0.466 e. The predicted octanol–water partition coefficient (Wildman–Crippen LogP) is -0.0855. The van der Waals surface area contributed by atoms with Crippen LogP contribution in [0.2, 0.25) is 0 Å². The van der Waals surface area contributed by atoms with Gasteiger partial charge in [0.25, 0.3) is 5.19 Å². The highest BCUT2D eigenvalue weighted by atomic mass is 32.1. The maximum absolute atomic E-state index is 5.40. The number of hydrogen-bond acceptors (Lipinski definition) is 7. The van der Waals surface area contributed by atoms with E-state index in [0.29, 0.717) is 36.8 Å². The summed E-state index contributed by atoms with van der Waals surface area (Å²) >= 11 is 1.21. The largest absolute Gasteiger partial charge is 0.466 e. The molecule has 1 aromatic rings. The molecule has 0 saturated carbocycles. The van der Waals surface area contributed by atoms with E-state index >= 15 is 0 Å². The summed E-state index contributed by atoms with van der Waals surface area (Å²) in [5, 5.41) is 8.23. The first-order valence-corrected chi connectivity index (χ1v) is 5.07. The van der Waals surface area contributed by atoms with Gasteiger partial charge in [-0.2, -0.15) is 0 Å². The minimum absolute atomic E-state index is 0.0196. The number of ether oxygens (including phenoxy) is 3. The van der Waals surface area contributed by atoms with Gasteiger partial charge in [0.2, 0.25) is 5.13 Å².